The average Bonchev–Trinajstić information content (AvgIpc) is 2.83. The SMILES string of the molecule is CCNC(=O)c1oc2cc(OCc3ccccc3)ccc2c(=O)c1-c1ccc(OC)cc1. The van der Waals surface area contributed by atoms with Gasteiger partial charge in [0.15, 0.2) is 0 Å². The molecule has 1 aromatic heterocycles. The first kappa shape index (κ1) is 21.2. The molecular weight excluding hydrogens is 406 g/mol. The highest BCUT2D eigenvalue weighted by Crippen LogP contribution is 2.28. The van der Waals surface area contributed by atoms with Crippen molar-refractivity contribution in [3.8, 4) is 22.6 Å². The van der Waals surface area contributed by atoms with Crippen molar-refractivity contribution >= 4 is 16.9 Å². The van der Waals surface area contributed by atoms with Crippen LogP contribution in [0.4, 0.5) is 0 Å². The van der Waals surface area contributed by atoms with Gasteiger partial charge in [0.05, 0.1) is 18.1 Å². The molecule has 0 bridgehead atoms. The Bertz CT molecular complexity index is 1290. The first-order valence-electron chi connectivity index (χ1n) is 10.3. The van der Waals surface area contributed by atoms with Crippen molar-refractivity contribution in [2.24, 2.45) is 0 Å². The maximum atomic E-state index is 13.4. The molecule has 0 aliphatic heterocycles. The van der Waals surface area contributed by atoms with Crippen LogP contribution in [-0.2, 0) is 6.61 Å². The van der Waals surface area contributed by atoms with E-state index in [0.717, 1.165) is 5.56 Å². The number of rotatable bonds is 7. The lowest BCUT2D eigenvalue weighted by atomic mass is 10.0. The standard InChI is InChI=1S/C26H23NO5/c1-3-27-26(29)25-23(18-9-11-19(30-2)12-10-18)24(28)21-14-13-20(15-22(21)32-25)31-16-17-7-5-4-6-8-17/h4-15H,3,16H2,1-2H3,(H,27,29). The average molecular weight is 429 g/mol. The van der Waals surface area contributed by atoms with E-state index in [0.29, 0.717) is 41.2 Å². The molecule has 162 valence electrons. The van der Waals surface area contributed by atoms with E-state index < -0.39 is 5.91 Å². The maximum absolute atomic E-state index is 13.4. The van der Waals surface area contributed by atoms with E-state index in [1.165, 1.54) is 0 Å². The number of hydrogen-bond acceptors (Lipinski definition) is 5. The fraction of sp³-hybridized carbons (Fsp3) is 0.154. The highest BCUT2D eigenvalue weighted by Gasteiger charge is 2.22. The topological polar surface area (TPSA) is 77.8 Å². The number of nitrogens with one attached hydrogen (secondary N) is 1. The van der Waals surface area contributed by atoms with E-state index in [2.05, 4.69) is 5.32 Å². The van der Waals surface area contributed by atoms with Crippen LogP contribution >= 0.6 is 0 Å². The van der Waals surface area contributed by atoms with Gasteiger partial charge >= 0.3 is 0 Å². The first-order chi connectivity index (χ1) is 15.6. The number of amides is 1. The lowest BCUT2D eigenvalue weighted by Crippen LogP contribution is -2.25. The molecule has 32 heavy (non-hydrogen) atoms. The number of carbonyl (C=O) groups excluding carboxylic acids is 1. The molecule has 4 rings (SSSR count). The minimum Gasteiger partial charge on any atom is -0.497 e. The Morgan fingerprint density at radius 2 is 1.69 bits per heavy atom. The van der Waals surface area contributed by atoms with Crippen LogP contribution in [0, 0.1) is 0 Å². The van der Waals surface area contributed by atoms with Crippen LogP contribution in [0.15, 0.2) is 82.0 Å². The minimum absolute atomic E-state index is 0.0327. The van der Waals surface area contributed by atoms with Crippen LogP contribution in [0.2, 0.25) is 0 Å². The van der Waals surface area contributed by atoms with Crippen LogP contribution in [0.5, 0.6) is 11.5 Å². The molecular formula is C26H23NO5. The van der Waals surface area contributed by atoms with Crippen molar-refractivity contribution in [1.29, 1.82) is 0 Å². The molecule has 0 saturated carbocycles. The van der Waals surface area contributed by atoms with Gasteiger partial charge in [-0.1, -0.05) is 42.5 Å². The van der Waals surface area contributed by atoms with Crippen LogP contribution < -0.4 is 20.2 Å². The molecule has 0 atom stereocenters. The van der Waals surface area contributed by atoms with Crippen LogP contribution in [0.1, 0.15) is 23.0 Å². The summed E-state index contributed by atoms with van der Waals surface area (Å²) in [4.78, 5) is 26.1. The smallest absolute Gasteiger partial charge is 0.287 e. The van der Waals surface area contributed by atoms with Gasteiger partial charge in [-0.15, -0.1) is 0 Å². The normalized spacial score (nSPS) is 10.7. The van der Waals surface area contributed by atoms with Crippen molar-refractivity contribution in [3.05, 3.63) is 94.3 Å². The Hall–Kier alpha value is -4.06. The Balaban J connectivity index is 1.78. The molecule has 4 aromatic rings. The number of hydrogen-bond donors (Lipinski definition) is 1. The summed E-state index contributed by atoms with van der Waals surface area (Å²) in [6.45, 7) is 2.59. The van der Waals surface area contributed by atoms with E-state index in [1.54, 1.807) is 56.5 Å². The zero-order chi connectivity index (χ0) is 22.5. The molecule has 6 heteroatoms. The van der Waals surface area contributed by atoms with Crippen LogP contribution in [0.25, 0.3) is 22.1 Å². The number of fused-ring (bicyclic) bond motifs is 1. The van der Waals surface area contributed by atoms with E-state index in [1.807, 2.05) is 30.3 Å². The summed E-state index contributed by atoms with van der Waals surface area (Å²) >= 11 is 0. The predicted octanol–water partition coefficient (Wildman–Crippen LogP) is 4.80. The van der Waals surface area contributed by atoms with E-state index >= 15 is 0 Å². The third-order valence-corrected chi connectivity index (χ3v) is 5.03. The molecule has 0 saturated heterocycles. The number of ether oxygens (including phenoxy) is 2. The Morgan fingerprint density at radius 3 is 2.38 bits per heavy atom. The zero-order valence-electron chi connectivity index (χ0n) is 17.9. The molecule has 1 heterocycles. The van der Waals surface area contributed by atoms with Gasteiger partial charge in [-0.2, -0.15) is 0 Å². The molecule has 0 spiro atoms. The fourth-order valence-corrected chi connectivity index (χ4v) is 3.42. The summed E-state index contributed by atoms with van der Waals surface area (Å²) in [7, 11) is 1.57. The van der Waals surface area contributed by atoms with Gasteiger partial charge in [0.25, 0.3) is 5.91 Å². The number of benzene rings is 3. The molecule has 0 unspecified atom stereocenters. The van der Waals surface area contributed by atoms with Crippen molar-refractivity contribution in [1.82, 2.24) is 5.32 Å². The van der Waals surface area contributed by atoms with Crippen molar-refractivity contribution < 1.29 is 18.7 Å². The molecule has 0 aliphatic rings. The van der Waals surface area contributed by atoms with Crippen molar-refractivity contribution in [2.45, 2.75) is 13.5 Å². The van der Waals surface area contributed by atoms with Crippen molar-refractivity contribution in [2.75, 3.05) is 13.7 Å². The number of methoxy groups -OCH3 is 1. The summed E-state index contributed by atoms with van der Waals surface area (Å²) in [5.41, 5.74) is 1.81. The Kier molecular flexibility index (Phi) is 6.22. The largest absolute Gasteiger partial charge is 0.497 e. The Labute approximate surface area is 185 Å². The van der Waals surface area contributed by atoms with Gasteiger partial charge in [0, 0.05) is 12.6 Å². The minimum atomic E-state index is -0.451. The quantitative estimate of drug-likeness (QED) is 0.457. The third kappa shape index (κ3) is 4.34. The summed E-state index contributed by atoms with van der Waals surface area (Å²) < 4.78 is 17.0. The van der Waals surface area contributed by atoms with Crippen LogP contribution in [-0.4, -0.2) is 19.6 Å². The molecule has 1 N–H and O–H groups in total. The van der Waals surface area contributed by atoms with Crippen molar-refractivity contribution in [3.63, 3.8) is 0 Å². The second-order valence-electron chi connectivity index (χ2n) is 7.16. The lowest BCUT2D eigenvalue weighted by Gasteiger charge is -2.12. The molecule has 1 amide bonds. The van der Waals surface area contributed by atoms with E-state index in [-0.39, 0.29) is 16.8 Å². The maximum Gasteiger partial charge on any atom is 0.287 e. The first-order valence-corrected chi connectivity index (χ1v) is 10.3. The van der Waals surface area contributed by atoms with Crippen LogP contribution in [0.3, 0.4) is 0 Å². The summed E-state index contributed by atoms with van der Waals surface area (Å²) in [6, 6.07) is 21.7. The van der Waals surface area contributed by atoms with Gasteiger partial charge in [-0.25, -0.2) is 0 Å². The second-order valence-corrected chi connectivity index (χ2v) is 7.16. The van der Waals surface area contributed by atoms with Gasteiger partial charge in [-0.05, 0) is 42.3 Å². The predicted molar refractivity (Wildman–Crippen MR) is 123 cm³/mol. The molecule has 0 radical (unpaired) electrons. The summed E-state index contributed by atoms with van der Waals surface area (Å²) in [6.07, 6.45) is 0. The zero-order valence-corrected chi connectivity index (χ0v) is 17.9. The molecule has 6 nitrogen and oxygen atoms in total. The number of carbonyl (C=O) groups is 1. The lowest BCUT2D eigenvalue weighted by molar-refractivity contribution is 0.0929. The Morgan fingerprint density at radius 1 is 0.969 bits per heavy atom. The molecule has 0 fully saturated rings. The van der Waals surface area contributed by atoms with Gasteiger partial charge in [0.1, 0.15) is 23.7 Å². The van der Waals surface area contributed by atoms with E-state index in [4.69, 9.17) is 13.9 Å². The second kappa shape index (κ2) is 9.39. The highest BCUT2D eigenvalue weighted by atomic mass is 16.5. The van der Waals surface area contributed by atoms with Gasteiger partial charge < -0.3 is 19.2 Å². The highest BCUT2D eigenvalue weighted by molar-refractivity contribution is 6.00. The molecule has 3 aromatic carbocycles. The molecule has 0 aliphatic carbocycles. The fourth-order valence-electron chi connectivity index (χ4n) is 3.42. The monoisotopic (exact) mass is 429 g/mol. The van der Waals surface area contributed by atoms with Gasteiger partial charge in [0.2, 0.25) is 11.2 Å². The van der Waals surface area contributed by atoms with E-state index in [9.17, 15) is 9.59 Å². The summed E-state index contributed by atoms with van der Waals surface area (Å²) in [5.74, 6) is 0.713. The van der Waals surface area contributed by atoms with Gasteiger partial charge in [-0.3, -0.25) is 9.59 Å². The third-order valence-electron chi connectivity index (χ3n) is 5.03. The summed E-state index contributed by atoms with van der Waals surface area (Å²) in [5, 5.41) is 3.09.